The molecule has 1 aromatic heterocycles. The van der Waals surface area contributed by atoms with Crippen LogP contribution in [0.3, 0.4) is 0 Å². The van der Waals surface area contributed by atoms with Crippen molar-refractivity contribution in [2.45, 2.75) is 58.0 Å². The summed E-state index contributed by atoms with van der Waals surface area (Å²) in [6.07, 6.45) is 7.54. The summed E-state index contributed by atoms with van der Waals surface area (Å²) < 4.78 is 4.94. The number of hydrogen-bond acceptors (Lipinski definition) is 3. The lowest BCUT2D eigenvalue weighted by molar-refractivity contribution is 0.0520. The molecule has 2 aliphatic rings. The van der Waals surface area contributed by atoms with Crippen molar-refractivity contribution in [3.05, 3.63) is 18.0 Å². The number of rotatable bonds is 3. The largest absolute Gasteiger partial charge is 0.461 e. The summed E-state index contributed by atoms with van der Waals surface area (Å²) in [5.41, 5.74) is 0.955. The van der Waals surface area contributed by atoms with Gasteiger partial charge in [-0.15, -0.1) is 0 Å². The minimum Gasteiger partial charge on any atom is -0.461 e. The van der Waals surface area contributed by atoms with Crippen LogP contribution >= 0.6 is 0 Å². The molecule has 1 aliphatic carbocycles. The molecule has 3 rings (SSSR count). The van der Waals surface area contributed by atoms with Crippen LogP contribution in [0.4, 0.5) is 10.5 Å². The molecule has 6 nitrogen and oxygen atoms in total. The summed E-state index contributed by atoms with van der Waals surface area (Å²) in [6.45, 7) is 4.21. The van der Waals surface area contributed by atoms with Crippen LogP contribution in [0, 0.1) is 5.92 Å². The van der Waals surface area contributed by atoms with E-state index in [0.29, 0.717) is 29.9 Å². The van der Waals surface area contributed by atoms with Gasteiger partial charge < -0.3 is 19.9 Å². The van der Waals surface area contributed by atoms with E-state index in [0.717, 1.165) is 12.8 Å². The van der Waals surface area contributed by atoms with Crippen LogP contribution < -0.4 is 5.32 Å². The van der Waals surface area contributed by atoms with Crippen LogP contribution in [-0.2, 0) is 4.74 Å². The first kappa shape index (κ1) is 15.9. The zero-order valence-corrected chi connectivity index (χ0v) is 13.8. The van der Waals surface area contributed by atoms with Crippen LogP contribution in [0.15, 0.2) is 12.3 Å². The normalized spacial score (nSPS) is 26.7. The molecule has 126 valence electrons. The fraction of sp³-hybridized carbons (Fsp3) is 0.647. The number of urea groups is 1. The molecule has 2 amide bonds. The standard InChI is InChI=1S/C17H25N3O3/c1-3-23-16(21)14-9-13(10-18-14)19-17(22)20-11(2)8-12-6-4-5-7-15(12)20/h9-12,15,18H,3-8H2,1-2H3,(H,19,22)/t11-,12-,15+/m1/s1. The van der Waals surface area contributed by atoms with Crippen LogP contribution in [0.25, 0.3) is 0 Å². The average molecular weight is 319 g/mol. The molecular weight excluding hydrogens is 294 g/mol. The number of H-pyrrole nitrogens is 1. The predicted octanol–water partition coefficient (Wildman–Crippen LogP) is 3.38. The fourth-order valence-corrected chi connectivity index (χ4v) is 4.04. The van der Waals surface area contributed by atoms with Crippen molar-refractivity contribution in [3.8, 4) is 0 Å². The number of fused-ring (bicyclic) bond motifs is 1. The lowest BCUT2D eigenvalue weighted by Crippen LogP contribution is -2.44. The van der Waals surface area contributed by atoms with Gasteiger partial charge in [0.2, 0.25) is 0 Å². The van der Waals surface area contributed by atoms with Gasteiger partial charge in [0.25, 0.3) is 0 Å². The number of likely N-dealkylation sites (tertiary alicyclic amines) is 1. The quantitative estimate of drug-likeness (QED) is 0.839. The number of ether oxygens (including phenoxy) is 1. The Hall–Kier alpha value is -1.98. The second-order valence-electron chi connectivity index (χ2n) is 6.56. The maximum absolute atomic E-state index is 12.7. The zero-order valence-electron chi connectivity index (χ0n) is 13.8. The van der Waals surface area contributed by atoms with Crippen molar-refractivity contribution in [1.29, 1.82) is 0 Å². The number of esters is 1. The van der Waals surface area contributed by atoms with E-state index in [2.05, 4.69) is 17.2 Å². The zero-order chi connectivity index (χ0) is 16.4. The Bertz CT molecular complexity index is 583. The highest BCUT2D eigenvalue weighted by molar-refractivity contribution is 5.93. The molecule has 6 heteroatoms. The first-order valence-electron chi connectivity index (χ1n) is 8.55. The third-order valence-corrected chi connectivity index (χ3v) is 5.01. The minimum atomic E-state index is -0.408. The van der Waals surface area contributed by atoms with E-state index in [1.807, 2.05) is 4.90 Å². The lowest BCUT2D eigenvalue weighted by atomic mass is 9.85. The Labute approximate surface area is 136 Å². The van der Waals surface area contributed by atoms with Crippen molar-refractivity contribution >= 4 is 17.7 Å². The van der Waals surface area contributed by atoms with Gasteiger partial charge in [-0.25, -0.2) is 9.59 Å². The van der Waals surface area contributed by atoms with Gasteiger partial charge in [0, 0.05) is 18.3 Å². The summed E-state index contributed by atoms with van der Waals surface area (Å²) in [5, 5.41) is 2.91. The Morgan fingerprint density at radius 1 is 1.39 bits per heavy atom. The molecule has 23 heavy (non-hydrogen) atoms. The van der Waals surface area contributed by atoms with Crippen LogP contribution in [0.5, 0.6) is 0 Å². The number of carbonyl (C=O) groups excluding carboxylic acids is 2. The second kappa shape index (κ2) is 6.64. The highest BCUT2D eigenvalue weighted by Gasteiger charge is 2.42. The molecular formula is C17H25N3O3. The highest BCUT2D eigenvalue weighted by Crippen LogP contribution is 2.39. The SMILES string of the molecule is CCOC(=O)c1cc(NC(=O)N2[C@H](C)C[C@H]3CCCC[C@@H]32)c[nH]1. The number of carbonyl (C=O) groups is 2. The monoisotopic (exact) mass is 319 g/mol. The molecule has 0 aromatic carbocycles. The third-order valence-electron chi connectivity index (χ3n) is 5.01. The second-order valence-corrected chi connectivity index (χ2v) is 6.56. The number of hydrogen-bond donors (Lipinski definition) is 2. The number of nitrogens with zero attached hydrogens (tertiary/aromatic N) is 1. The Morgan fingerprint density at radius 3 is 2.96 bits per heavy atom. The van der Waals surface area contributed by atoms with Crippen LogP contribution in [0.1, 0.15) is 56.4 Å². The van der Waals surface area contributed by atoms with E-state index in [1.165, 1.54) is 19.3 Å². The number of aromatic nitrogens is 1. The van der Waals surface area contributed by atoms with Gasteiger partial charge in [0.05, 0.1) is 12.3 Å². The van der Waals surface area contributed by atoms with Crippen LogP contribution in [-0.4, -0.2) is 40.6 Å². The number of anilines is 1. The number of aromatic amines is 1. The van der Waals surface area contributed by atoms with Gasteiger partial charge >= 0.3 is 12.0 Å². The Kier molecular flexibility index (Phi) is 4.59. The molecule has 2 N–H and O–H groups in total. The molecule has 0 spiro atoms. The molecule has 1 aliphatic heterocycles. The predicted molar refractivity (Wildman–Crippen MR) is 87.4 cm³/mol. The summed E-state index contributed by atoms with van der Waals surface area (Å²) in [4.78, 5) is 29.2. The summed E-state index contributed by atoms with van der Waals surface area (Å²) in [6, 6.07) is 2.18. The van der Waals surface area contributed by atoms with E-state index >= 15 is 0 Å². The van der Waals surface area contributed by atoms with Gasteiger partial charge in [-0.1, -0.05) is 12.8 Å². The summed E-state index contributed by atoms with van der Waals surface area (Å²) in [5.74, 6) is 0.237. The molecule has 3 atom stereocenters. The fourth-order valence-electron chi connectivity index (χ4n) is 4.04. The van der Waals surface area contributed by atoms with E-state index in [4.69, 9.17) is 4.74 Å². The van der Waals surface area contributed by atoms with Gasteiger partial charge in [-0.3, -0.25) is 0 Å². The van der Waals surface area contributed by atoms with Gasteiger partial charge in [0.15, 0.2) is 0 Å². The maximum Gasteiger partial charge on any atom is 0.354 e. The average Bonchev–Trinajstić information content (AvgIpc) is 3.10. The molecule has 1 saturated carbocycles. The Balaban J connectivity index is 1.66. The van der Waals surface area contributed by atoms with Crippen molar-refractivity contribution in [1.82, 2.24) is 9.88 Å². The van der Waals surface area contributed by atoms with E-state index < -0.39 is 5.97 Å². The van der Waals surface area contributed by atoms with Crippen molar-refractivity contribution in [2.75, 3.05) is 11.9 Å². The molecule has 2 heterocycles. The molecule has 1 aromatic rings. The van der Waals surface area contributed by atoms with Crippen molar-refractivity contribution < 1.29 is 14.3 Å². The lowest BCUT2D eigenvalue weighted by Gasteiger charge is -2.33. The molecule has 1 saturated heterocycles. The molecule has 0 radical (unpaired) electrons. The Morgan fingerprint density at radius 2 is 2.17 bits per heavy atom. The van der Waals surface area contributed by atoms with E-state index in [1.54, 1.807) is 19.2 Å². The molecule has 0 bridgehead atoms. The first-order valence-corrected chi connectivity index (χ1v) is 8.55. The third kappa shape index (κ3) is 3.21. The molecule has 0 unspecified atom stereocenters. The summed E-state index contributed by atoms with van der Waals surface area (Å²) in [7, 11) is 0. The smallest absolute Gasteiger partial charge is 0.354 e. The van der Waals surface area contributed by atoms with Gasteiger partial charge in [-0.05, 0) is 45.1 Å². The van der Waals surface area contributed by atoms with Crippen molar-refractivity contribution in [2.24, 2.45) is 5.92 Å². The van der Waals surface area contributed by atoms with Gasteiger partial charge in [-0.2, -0.15) is 0 Å². The minimum absolute atomic E-state index is 0.0682. The highest BCUT2D eigenvalue weighted by atomic mass is 16.5. The first-order chi connectivity index (χ1) is 11.1. The van der Waals surface area contributed by atoms with Crippen molar-refractivity contribution in [3.63, 3.8) is 0 Å². The molecule has 2 fully saturated rings. The van der Waals surface area contributed by atoms with E-state index in [-0.39, 0.29) is 12.1 Å². The topological polar surface area (TPSA) is 74.4 Å². The maximum atomic E-state index is 12.7. The summed E-state index contributed by atoms with van der Waals surface area (Å²) >= 11 is 0. The van der Waals surface area contributed by atoms with Crippen LogP contribution in [0.2, 0.25) is 0 Å². The van der Waals surface area contributed by atoms with Gasteiger partial charge in [0.1, 0.15) is 5.69 Å². The number of nitrogens with one attached hydrogen (secondary N) is 2. The number of amides is 2. The van der Waals surface area contributed by atoms with E-state index in [9.17, 15) is 9.59 Å².